The molecule has 0 aromatic carbocycles. The van der Waals surface area contributed by atoms with E-state index >= 15 is 0 Å². The lowest BCUT2D eigenvalue weighted by molar-refractivity contribution is 0.0702. The first-order valence-electron chi connectivity index (χ1n) is 8.61. The summed E-state index contributed by atoms with van der Waals surface area (Å²) < 4.78 is 0. The minimum Gasteiger partial charge on any atom is -0.356 e. The average molecular weight is 340 g/mol. The van der Waals surface area contributed by atoms with Crippen molar-refractivity contribution in [2.45, 2.75) is 44.4 Å². The Hall–Kier alpha value is -2.13. The predicted molar refractivity (Wildman–Crippen MR) is 92.1 cm³/mol. The molecular weight excluding hydrogens is 320 g/mol. The quantitative estimate of drug-likeness (QED) is 0.912. The van der Waals surface area contributed by atoms with Crippen molar-refractivity contribution in [2.24, 2.45) is 0 Å². The first-order chi connectivity index (χ1) is 11.7. The largest absolute Gasteiger partial charge is 0.356 e. The Morgan fingerprint density at radius 3 is 3.04 bits per heavy atom. The van der Waals surface area contributed by atoms with E-state index in [1.165, 1.54) is 34.8 Å². The van der Waals surface area contributed by atoms with Gasteiger partial charge in [-0.3, -0.25) is 4.79 Å². The van der Waals surface area contributed by atoms with Gasteiger partial charge in [0.25, 0.3) is 5.91 Å². The maximum absolute atomic E-state index is 12.7. The van der Waals surface area contributed by atoms with Gasteiger partial charge in [-0.15, -0.1) is 11.3 Å². The minimum absolute atomic E-state index is 0.0116. The Morgan fingerprint density at radius 2 is 2.25 bits per heavy atom. The van der Waals surface area contributed by atoms with E-state index in [-0.39, 0.29) is 5.91 Å². The van der Waals surface area contributed by atoms with Crippen molar-refractivity contribution >= 4 is 17.2 Å². The molecule has 1 saturated heterocycles. The summed E-state index contributed by atoms with van der Waals surface area (Å²) in [7, 11) is 0. The van der Waals surface area contributed by atoms with Crippen LogP contribution in [0.15, 0.2) is 12.3 Å². The van der Waals surface area contributed by atoms with E-state index in [1.54, 1.807) is 12.3 Å². The van der Waals surface area contributed by atoms with Crippen molar-refractivity contribution in [1.82, 2.24) is 14.9 Å². The molecule has 1 unspecified atom stereocenters. The summed E-state index contributed by atoms with van der Waals surface area (Å²) in [6, 6.07) is 3.69. The summed E-state index contributed by atoms with van der Waals surface area (Å²) in [6.45, 7) is 1.51. The predicted octanol–water partition coefficient (Wildman–Crippen LogP) is 3.24. The van der Waals surface area contributed by atoms with Crippen LogP contribution in [0.1, 0.15) is 63.2 Å². The molecule has 0 radical (unpaired) electrons. The van der Waals surface area contributed by atoms with Crippen LogP contribution in [0.2, 0.25) is 0 Å². The Balaban J connectivity index is 1.50. The SMILES string of the molecule is N#Cc1c[nH]c(C(=O)N2CCCC(c3nc4c(s3)CCCC4)C2)c1. The zero-order valence-corrected chi connectivity index (χ0v) is 14.4. The molecule has 1 N–H and O–H groups in total. The van der Waals surface area contributed by atoms with Crippen molar-refractivity contribution in [1.29, 1.82) is 5.26 Å². The van der Waals surface area contributed by atoms with Crippen LogP contribution in [0.5, 0.6) is 0 Å². The normalized spacial score (nSPS) is 20.5. The zero-order valence-electron chi connectivity index (χ0n) is 13.5. The van der Waals surface area contributed by atoms with E-state index < -0.39 is 0 Å². The van der Waals surface area contributed by atoms with E-state index in [1.807, 2.05) is 16.2 Å². The molecule has 1 aliphatic heterocycles. The van der Waals surface area contributed by atoms with E-state index in [0.717, 1.165) is 32.4 Å². The van der Waals surface area contributed by atoms with Gasteiger partial charge in [-0.05, 0) is 44.6 Å². The van der Waals surface area contributed by atoms with Gasteiger partial charge in [-0.25, -0.2) is 4.98 Å². The van der Waals surface area contributed by atoms with Crippen LogP contribution in [-0.2, 0) is 12.8 Å². The van der Waals surface area contributed by atoms with Gasteiger partial charge >= 0.3 is 0 Å². The molecule has 0 saturated carbocycles. The summed E-state index contributed by atoms with van der Waals surface area (Å²) in [5, 5.41) is 10.1. The molecule has 1 atom stereocenters. The van der Waals surface area contributed by atoms with Crippen molar-refractivity contribution in [2.75, 3.05) is 13.1 Å². The third kappa shape index (κ3) is 2.84. The number of H-pyrrole nitrogens is 1. The Kier molecular flexibility index (Phi) is 4.11. The maximum atomic E-state index is 12.7. The summed E-state index contributed by atoms with van der Waals surface area (Å²) in [4.78, 5) is 23.8. The number of aryl methyl sites for hydroxylation is 2. The number of carbonyl (C=O) groups is 1. The number of hydrogen-bond acceptors (Lipinski definition) is 4. The van der Waals surface area contributed by atoms with Gasteiger partial charge in [-0.2, -0.15) is 5.26 Å². The number of aromatic amines is 1. The third-order valence-corrected chi connectivity index (χ3v) is 6.28. The van der Waals surface area contributed by atoms with Crippen LogP contribution in [0.25, 0.3) is 0 Å². The number of carbonyl (C=O) groups excluding carboxylic acids is 1. The molecule has 6 heteroatoms. The third-order valence-electron chi connectivity index (χ3n) is 4.96. The fourth-order valence-corrected chi connectivity index (χ4v) is 4.94. The van der Waals surface area contributed by atoms with Gasteiger partial charge in [0.2, 0.25) is 0 Å². The lowest BCUT2D eigenvalue weighted by atomic mass is 9.98. The van der Waals surface area contributed by atoms with Gasteiger partial charge in [0.05, 0.1) is 16.3 Å². The number of nitriles is 1. The van der Waals surface area contributed by atoms with E-state index in [2.05, 4.69) is 11.1 Å². The topological polar surface area (TPSA) is 72.8 Å². The van der Waals surface area contributed by atoms with E-state index in [9.17, 15) is 4.79 Å². The van der Waals surface area contributed by atoms with Gasteiger partial charge in [0.1, 0.15) is 11.8 Å². The second-order valence-corrected chi connectivity index (χ2v) is 7.75. The van der Waals surface area contributed by atoms with Gasteiger partial charge < -0.3 is 9.88 Å². The molecule has 1 aliphatic carbocycles. The second kappa shape index (κ2) is 6.40. The molecular formula is C18H20N4OS. The molecule has 4 rings (SSSR count). The van der Waals surface area contributed by atoms with Crippen LogP contribution in [0.3, 0.4) is 0 Å². The number of nitrogens with zero attached hydrogens (tertiary/aromatic N) is 3. The number of likely N-dealkylation sites (tertiary alicyclic amines) is 1. The van der Waals surface area contributed by atoms with Crippen molar-refractivity contribution in [3.63, 3.8) is 0 Å². The second-order valence-electron chi connectivity index (χ2n) is 6.63. The number of aromatic nitrogens is 2. The zero-order chi connectivity index (χ0) is 16.5. The van der Waals surface area contributed by atoms with Gasteiger partial charge in [0.15, 0.2) is 0 Å². The number of amides is 1. The number of piperidine rings is 1. The van der Waals surface area contributed by atoms with Crippen molar-refractivity contribution in [3.8, 4) is 6.07 Å². The highest BCUT2D eigenvalue weighted by molar-refractivity contribution is 7.11. The molecule has 2 aromatic heterocycles. The fraction of sp³-hybridized carbons (Fsp3) is 0.500. The highest BCUT2D eigenvalue weighted by Gasteiger charge is 2.29. The monoisotopic (exact) mass is 340 g/mol. The lowest BCUT2D eigenvalue weighted by Crippen LogP contribution is -2.39. The number of thiazole rings is 1. The lowest BCUT2D eigenvalue weighted by Gasteiger charge is -2.31. The van der Waals surface area contributed by atoms with E-state index in [0.29, 0.717) is 17.2 Å². The summed E-state index contributed by atoms with van der Waals surface area (Å²) >= 11 is 1.86. The van der Waals surface area contributed by atoms with Crippen molar-refractivity contribution < 1.29 is 4.79 Å². The van der Waals surface area contributed by atoms with Crippen LogP contribution in [0, 0.1) is 11.3 Å². The molecule has 0 spiro atoms. The Bertz CT molecular complexity index is 777. The number of nitrogens with one attached hydrogen (secondary N) is 1. The molecule has 3 heterocycles. The summed E-state index contributed by atoms with van der Waals surface area (Å²) in [6.07, 6.45) is 8.50. The van der Waals surface area contributed by atoms with E-state index in [4.69, 9.17) is 10.2 Å². The van der Waals surface area contributed by atoms with Crippen LogP contribution in [0.4, 0.5) is 0 Å². The molecule has 5 nitrogen and oxygen atoms in total. The Morgan fingerprint density at radius 1 is 1.38 bits per heavy atom. The van der Waals surface area contributed by atoms with Crippen LogP contribution in [-0.4, -0.2) is 33.9 Å². The molecule has 124 valence electrons. The van der Waals surface area contributed by atoms with Crippen molar-refractivity contribution in [3.05, 3.63) is 39.1 Å². The number of fused-ring (bicyclic) bond motifs is 1. The highest BCUT2D eigenvalue weighted by atomic mass is 32.1. The number of hydrogen-bond donors (Lipinski definition) is 1. The summed E-state index contributed by atoms with van der Waals surface area (Å²) in [5.74, 6) is 0.339. The standard InChI is InChI=1S/C18H20N4OS/c19-9-12-8-15(20-10-12)18(23)22-7-3-4-13(11-22)17-21-14-5-1-2-6-16(14)24-17/h8,10,13,20H,1-7,11H2. The van der Waals surface area contributed by atoms with Gasteiger partial charge in [-0.1, -0.05) is 0 Å². The van der Waals surface area contributed by atoms with Crippen LogP contribution < -0.4 is 0 Å². The molecule has 0 bridgehead atoms. The molecule has 1 amide bonds. The highest BCUT2D eigenvalue weighted by Crippen LogP contribution is 2.34. The first-order valence-corrected chi connectivity index (χ1v) is 9.42. The Labute approximate surface area is 145 Å². The first kappa shape index (κ1) is 15.4. The van der Waals surface area contributed by atoms with Crippen LogP contribution >= 0.6 is 11.3 Å². The molecule has 24 heavy (non-hydrogen) atoms. The average Bonchev–Trinajstić information content (AvgIpc) is 3.28. The number of rotatable bonds is 2. The summed E-state index contributed by atoms with van der Waals surface area (Å²) in [5.41, 5.74) is 2.30. The smallest absolute Gasteiger partial charge is 0.270 e. The minimum atomic E-state index is -0.0116. The molecule has 2 aromatic rings. The maximum Gasteiger partial charge on any atom is 0.270 e. The van der Waals surface area contributed by atoms with Gasteiger partial charge in [0, 0.05) is 30.1 Å². The molecule has 2 aliphatic rings. The fourth-order valence-electron chi connectivity index (χ4n) is 3.66. The molecule has 1 fully saturated rings.